The molecule has 0 aromatic heterocycles. The zero-order valence-corrected chi connectivity index (χ0v) is 17.2. The molecule has 0 aliphatic heterocycles. The Kier molecular flexibility index (Phi) is 7.78. The zero-order valence-electron chi connectivity index (χ0n) is 17.2. The highest BCUT2D eigenvalue weighted by Gasteiger charge is 2.09. The lowest BCUT2D eigenvalue weighted by molar-refractivity contribution is 0.0497. The molecule has 0 fully saturated rings. The first-order chi connectivity index (χ1) is 14.7. The van der Waals surface area contributed by atoms with Gasteiger partial charge in [0.1, 0.15) is 5.75 Å². The molecule has 0 saturated heterocycles. The summed E-state index contributed by atoms with van der Waals surface area (Å²) in [5.41, 5.74) is 2.99. The molecule has 0 amide bonds. The van der Waals surface area contributed by atoms with Crippen LogP contribution in [0.3, 0.4) is 0 Å². The Labute approximate surface area is 177 Å². The van der Waals surface area contributed by atoms with Gasteiger partial charge in [-0.05, 0) is 53.9 Å². The quantitative estimate of drug-likeness (QED) is 0.239. The predicted molar refractivity (Wildman–Crippen MR) is 118 cm³/mol. The van der Waals surface area contributed by atoms with E-state index in [0.29, 0.717) is 23.5 Å². The number of esters is 2. The minimum Gasteiger partial charge on any atom is -0.462 e. The Hall–Kier alpha value is -3.40. The SMILES string of the molecule is CCCCCCOC(=O)c1ccc(-c2ccc(OC(=O)c3ccccc3)cc2)cc1. The van der Waals surface area contributed by atoms with Gasteiger partial charge in [0, 0.05) is 0 Å². The lowest BCUT2D eigenvalue weighted by Crippen LogP contribution is -2.07. The molecule has 3 rings (SSSR count). The Bertz CT molecular complexity index is 945. The molecular formula is C26H26O4. The molecule has 0 atom stereocenters. The number of hydrogen-bond acceptors (Lipinski definition) is 4. The van der Waals surface area contributed by atoms with Gasteiger partial charge in [-0.2, -0.15) is 0 Å². The largest absolute Gasteiger partial charge is 0.462 e. The second kappa shape index (κ2) is 11.0. The van der Waals surface area contributed by atoms with E-state index in [0.717, 1.165) is 36.8 Å². The van der Waals surface area contributed by atoms with E-state index in [1.54, 1.807) is 48.5 Å². The fourth-order valence-corrected chi connectivity index (χ4v) is 3.03. The third-order valence-electron chi connectivity index (χ3n) is 4.76. The molecular weight excluding hydrogens is 376 g/mol. The molecule has 0 heterocycles. The number of carbonyl (C=O) groups excluding carboxylic acids is 2. The van der Waals surface area contributed by atoms with Gasteiger partial charge in [0.25, 0.3) is 0 Å². The van der Waals surface area contributed by atoms with E-state index in [-0.39, 0.29) is 11.9 Å². The second-order valence-corrected chi connectivity index (χ2v) is 7.05. The van der Waals surface area contributed by atoms with Gasteiger partial charge in [-0.15, -0.1) is 0 Å². The van der Waals surface area contributed by atoms with Crippen LogP contribution in [0.2, 0.25) is 0 Å². The molecule has 154 valence electrons. The molecule has 0 aliphatic carbocycles. The molecule has 0 spiro atoms. The van der Waals surface area contributed by atoms with Gasteiger partial charge in [-0.25, -0.2) is 9.59 Å². The summed E-state index contributed by atoms with van der Waals surface area (Å²) < 4.78 is 10.7. The molecule has 0 N–H and O–H groups in total. The fraction of sp³-hybridized carbons (Fsp3) is 0.231. The number of benzene rings is 3. The minimum absolute atomic E-state index is 0.291. The van der Waals surface area contributed by atoms with Crippen molar-refractivity contribution in [2.24, 2.45) is 0 Å². The fourth-order valence-electron chi connectivity index (χ4n) is 3.03. The number of rotatable bonds is 9. The van der Waals surface area contributed by atoms with Gasteiger partial charge in [0.05, 0.1) is 17.7 Å². The van der Waals surface area contributed by atoms with E-state index in [1.807, 2.05) is 30.3 Å². The predicted octanol–water partition coefficient (Wildman–Crippen LogP) is 6.31. The third-order valence-corrected chi connectivity index (χ3v) is 4.76. The van der Waals surface area contributed by atoms with Gasteiger partial charge >= 0.3 is 11.9 Å². The molecule has 0 saturated carbocycles. The van der Waals surface area contributed by atoms with Crippen molar-refractivity contribution in [3.8, 4) is 16.9 Å². The van der Waals surface area contributed by atoms with Crippen molar-refractivity contribution in [3.63, 3.8) is 0 Å². The van der Waals surface area contributed by atoms with Crippen LogP contribution in [0.25, 0.3) is 11.1 Å². The average molecular weight is 402 g/mol. The average Bonchev–Trinajstić information content (AvgIpc) is 2.80. The molecule has 30 heavy (non-hydrogen) atoms. The van der Waals surface area contributed by atoms with Gasteiger partial charge in [0.15, 0.2) is 0 Å². The van der Waals surface area contributed by atoms with Crippen LogP contribution in [-0.4, -0.2) is 18.5 Å². The lowest BCUT2D eigenvalue weighted by atomic mass is 10.0. The van der Waals surface area contributed by atoms with Gasteiger partial charge < -0.3 is 9.47 Å². The van der Waals surface area contributed by atoms with Gasteiger partial charge in [-0.3, -0.25) is 0 Å². The second-order valence-electron chi connectivity index (χ2n) is 7.05. The zero-order chi connectivity index (χ0) is 21.2. The highest BCUT2D eigenvalue weighted by atomic mass is 16.5. The van der Waals surface area contributed by atoms with E-state index >= 15 is 0 Å². The van der Waals surface area contributed by atoms with E-state index in [2.05, 4.69) is 6.92 Å². The number of unbranched alkanes of at least 4 members (excludes halogenated alkanes) is 3. The van der Waals surface area contributed by atoms with Gasteiger partial charge in [0.2, 0.25) is 0 Å². The Morgan fingerprint density at radius 3 is 1.90 bits per heavy atom. The van der Waals surface area contributed by atoms with Crippen LogP contribution in [-0.2, 0) is 4.74 Å². The first kappa shape index (κ1) is 21.3. The van der Waals surface area contributed by atoms with Crippen molar-refractivity contribution < 1.29 is 19.1 Å². The van der Waals surface area contributed by atoms with Crippen LogP contribution in [0, 0.1) is 0 Å². The lowest BCUT2D eigenvalue weighted by Gasteiger charge is -2.08. The maximum atomic E-state index is 12.1. The van der Waals surface area contributed by atoms with Gasteiger partial charge in [-0.1, -0.05) is 68.7 Å². The third kappa shape index (κ3) is 6.05. The standard InChI is InChI=1S/C26H26O4/c1-2-3-4-8-19-29-25(27)23-13-11-20(12-14-23)21-15-17-24(18-16-21)30-26(28)22-9-6-5-7-10-22/h5-7,9-18H,2-4,8,19H2,1H3. The summed E-state index contributed by atoms with van der Waals surface area (Å²) in [4.78, 5) is 24.2. The van der Waals surface area contributed by atoms with E-state index in [1.165, 1.54) is 0 Å². The Morgan fingerprint density at radius 1 is 0.667 bits per heavy atom. The maximum Gasteiger partial charge on any atom is 0.343 e. The molecule has 0 aliphatic rings. The highest BCUT2D eigenvalue weighted by Crippen LogP contribution is 2.23. The van der Waals surface area contributed by atoms with Crippen LogP contribution < -0.4 is 4.74 Å². The first-order valence-electron chi connectivity index (χ1n) is 10.3. The van der Waals surface area contributed by atoms with Crippen molar-refractivity contribution in [2.75, 3.05) is 6.61 Å². The Morgan fingerprint density at radius 2 is 1.27 bits per heavy atom. The molecule has 4 nitrogen and oxygen atoms in total. The normalized spacial score (nSPS) is 10.4. The highest BCUT2D eigenvalue weighted by molar-refractivity contribution is 5.91. The monoisotopic (exact) mass is 402 g/mol. The van der Waals surface area contributed by atoms with Crippen LogP contribution in [0.4, 0.5) is 0 Å². The van der Waals surface area contributed by atoms with Crippen molar-refractivity contribution >= 4 is 11.9 Å². The topological polar surface area (TPSA) is 52.6 Å². The molecule has 4 heteroatoms. The summed E-state index contributed by atoms with van der Waals surface area (Å²) in [6, 6.07) is 23.5. The Balaban J connectivity index is 1.56. The number of carbonyl (C=O) groups is 2. The van der Waals surface area contributed by atoms with Crippen molar-refractivity contribution in [1.29, 1.82) is 0 Å². The molecule has 0 bridgehead atoms. The molecule has 0 radical (unpaired) electrons. The van der Waals surface area contributed by atoms with Crippen molar-refractivity contribution in [1.82, 2.24) is 0 Å². The summed E-state index contributed by atoms with van der Waals surface area (Å²) in [5, 5.41) is 0. The summed E-state index contributed by atoms with van der Waals surface area (Å²) in [5.74, 6) is -0.196. The van der Waals surface area contributed by atoms with Crippen molar-refractivity contribution in [3.05, 3.63) is 90.0 Å². The summed E-state index contributed by atoms with van der Waals surface area (Å²) in [6.45, 7) is 2.61. The number of hydrogen-bond donors (Lipinski definition) is 0. The molecule has 0 unspecified atom stereocenters. The van der Waals surface area contributed by atoms with E-state index < -0.39 is 0 Å². The summed E-state index contributed by atoms with van der Waals surface area (Å²) >= 11 is 0. The molecule has 3 aromatic rings. The van der Waals surface area contributed by atoms with Crippen LogP contribution >= 0.6 is 0 Å². The van der Waals surface area contributed by atoms with E-state index in [4.69, 9.17) is 9.47 Å². The maximum absolute atomic E-state index is 12.1. The summed E-state index contributed by atoms with van der Waals surface area (Å²) in [7, 11) is 0. The number of ether oxygens (including phenoxy) is 2. The van der Waals surface area contributed by atoms with Crippen LogP contribution in [0.15, 0.2) is 78.9 Å². The van der Waals surface area contributed by atoms with Crippen LogP contribution in [0.5, 0.6) is 5.75 Å². The first-order valence-corrected chi connectivity index (χ1v) is 10.3. The van der Waals surface area contributed by atoms with Crippen LogP contribution in [0.1, 0.15) is 53.3 Å². The van der Waals surface area contributed by atoms with Crippen molar-refractivity contribution in [2.45, 2.75) is 32.6 Å². The summed E-state index contributed by atoms with van der Waals surface area (Å²) in [6.07, 6.45) is 4.31. The van der Waals surface area contributed by atoms with E-state index in [9.17, 15) is 9.59 Å². The minimum atomic E-state index is -0.388. The smallest absolute Gasteiger partial charge is 0.343 e. The molecule has 3 aromatic carbocycles.